The van der Waals surface area contributed by atoms with Gasteiger partial charge in [0.15, 0.2) is 0 Å². The number of ether oxygens (including phenoxy) is 2. The highest BCUT2D eigenvalue weighted by molar-refractivity contribution is 5.65. The van der Waals surface area contributed by atoms with E-state index in [1.807, 2.05) is 18.2 Å². The number of aliphatic hydroxyl groups is 1. The summed E-state index contributed by atoms with van der Waals surface area (Å²) in [5.41, 5.74) is 2.00. The largest absolute Gasteiger partial charge is 0.495 e. The molecule has 5 heteroatoms. The number of hydrogen-bond acceptors (Lipinski definition) is 5. The van der Waals surface area contributed by atoms with E-state index in [2.05, 4.69) is 48.3 Å². The van der Waals surface area contributed by atoms with E-state index >= 15 is 0 Å². The third kappa shape index (κ3) is 6.92. The van der Waals surface area contributed by atoms with Gasteiger partial charge in [-0.1, -0.05) is 43.7 Å². The minimum Gasteiger partial charge on any atom is -0.495 e. The van der Waals surface area contributed by atoms with Crippen molar-refractivity contribution >= 4 is 5.69 Å². The summed E-state index contributed by atoms with van der Waals surface area (Å²) in [4.78, 5) is 2.28. The zero-order valence-corrected chi connectivity index (χ0v) is 19.2. The number of unbranched alkanes of at least 4 members (excludes halogenated alkanes) is 1. The number of nitrogens with one attached hydrogen (secondary N) is 1. The summed E-state index contributed by atoms with van der Waals surface area (Å²) in [7, 11) is 1.67. The van der Waals surface area contributed by atoms with Crippen LogP contribution in [0.2, 0.25) is 0 Å². The first-order valence-electron chi connectivity index (χ1n) is 11.0. The third-order valence-electron chi connectivity index (χ3n) is 5.15. The van der Waals surface area contributed by atoms with Gasteiger partial charge in [0.05, 0.1) is 25.0 Å². The second-order valence-electron chi connectivity index (χ2n) is 8.02. The summed E-state index contributed by atoms with van der Waals surface area (Å²) in [6.45, 7) is 11.9. The fourth-order valence-electron chi connectivity index (χ4n) is 3.38. The molecular formula is C25H38N2O3. The molecule has 0 saturated carbocycles. The second-order valence-corrected chi connectivity index (χ2v) is 8.02. The van der Waals surface area contributed by atoms with E-state index in [1.165, 1.54) is 5.56 Å². The van der Waals surface area contributed by atoms with Gasteiger partial charge in [0, 0.05) is 37.8 Å². The number of rotatable bonds is 13. The Bertz CT molecular complexity index is 757. The maximum atomic E-state index is 10.7. The molecule has 0 saturated heterocycles. The second kappa shape index (κ2) is 11.8. The molecule has 0 aliphatic heterocycles. The fraction of sp³-hybridized carbons (Fsp3) is 0.520. The molecule has 0 bridgehead atoms. The summed E-state index contributed by atoms with van der Waals surface area (Å²) < 4.78 is 11.8. The van der Waals surface area contributed by atoms with Crippen molar-refractivity contribution in [3.63, 3.8) is 0 Å². The molecule has 0 radical (unpaired) electrons. The molecule has 2 aromatic carbocycles. The average Bonchev–Trinajstić information content (AvgIpc) is 2.73. The van der Waals surface area contributed by atoms with Gasteiger partial charge < -0.3 is 24.8 Å². The Hall–Kier alpha value is -2.24. The molecule has 0 aromatic heterocycles. The van der Waals surface area contributed by atoms with Crippen molar-refractivity contribution < 1.29 is 14.6 Å². The SMILES string of the molecule is CCCCOc1cc(N(CC)CCNCc2ccccc2)c(OC)cc1C(C)(C)O. The van der Waals surface area contributed by atoms with Crippen molar-refractivity contribution in [1.29, 1.82) is 0 Å². The van der Waals surface area contributed by atoms with E-state index in [0.717, 1.165) is 61.8 Å². The molecule has 0 spiro atoms. The Morgan fingerprint density at radius 3 is 2.40 bits per heavy atom. The summed E-state index contributed by atoms with van der Waals surface area (Å²) in [6, 6.07) is 14.3. The summed E-state index contributed by atoms with van der Waals surface area (Å²) in [5.74, 6) is 1.47. The number of methoxy groups -OCH3 is 1. The first kappa shape index (κ1) is 24.0. The number of benzene rings is 2. The smallest absolute Gasteiger partial charge is 0.142 e. The summed E-state index contributed by atoms with van der Waals surface area (Å²) in [5, 5.41) is 14.2. The van der Waals surface area contributed by atoms with Crippen LogP contribution >= 0.6 is 0 Å². The number of anilines is 1. The van der Waals surface area contributed by atoms with Crippen molar-refractivity contribution in [1.82, 2.24) is 5.32 Å². The lowest BCUT2D eigenvalue weighted by molar-refractivity contribution is 0.0744. The number of hydrogen-bond donors (Lipinski definition) is 2. The zero-order chi connectivity index (χ0) is 22.0. The van der Waals surface area contributed by atoms with Crippen molar-refractivity contribution in [3.05, 3.63) is 53.6 Å². The van der Waals surface area contributed by atoms with Gasteiger partial charge in [0.2, 0.25) is 0 Å². The summed E-state index contributed by atoms with van der Waals surface area (Å²) >= 11 is 0. The van der Waals surface area contributed by atoms with Gasteiger partial charge in [-0.15, -0.1) is 0 Å². The monoisotopic (exact) mass is 414 g/mol. The highest BCUT2D eigenvalue weighted by Gasteiger charge is 2.25. The predicted octanol–water partition coefficient (Wildman–Crippen LogP) is 4.72. The predicted molar refractivity (Wildman–Crippen MR) is 125 cm³/mol. The molecule has 166 valence electrons. The topological polar surface area (TPSA) is 54.0 Å². The van der Waals surface area contributed by atoms with Crippen LogP contribution in [0.4, 0.5) is 5.69 Å². The molecular weight excluding hydrogens is 376 g/mol. The molecule has 0 aliphatic rings. The number of likely N-dealkylation sites (N-methyl/N-ethyl adjacent to an activating group) is 1. The van der Waals surface area contributed by atoms with E-state index in [1.54, 1.807) is 21.0 Å². The van der Waals surface area contributed by atoms with Gasteiger partial charge in [0.1, 0.15) is 11.5 Å². The van der Waals surface area contributed by atoms with Crippen molar-refractivity contribution in [3.8, 4) is 11.5 Å². The first-order chi connectivity index (χ1) is 14.4. The summed E-state index contributed by atoms with van der Waals surface area (Å²) in [6.07, 6.45) is 2.04. The van der Waals surface area contributed by atoms with Crippen LogP contribution in [0.5, 0.6) is 11.5 Å². The number of nitrogens with zero attached hydrogens (tertiary/aromatic N) is 1. The molecule has 0 heterocycles. The molecule has 0 fully saturated rings. The molecule has 0 unspecified atom stereocenters. The van der Waals surface area contributed by atoms with Crippen LogP contribution in [0, 0.1) is 0 Å². The minimum atomic E-state index is -1.01. The van der Waals surface area contributed by atoms with Crippen LogP contribution in [-0.2, 0) is 12.1 Å². The fourth-order valence-corrected chi connectivity index (χ4v) is 3.38. The molecule has 2 aromatic rings. The highest BCUT2D eigenvalue weighted by atomic mass is 16.5. The van der Waals surface area contributed by atoms with Gasteiger partial charge in [-0.05, 0) is 38.8 Å². The van der Waals surface area contributed by atoms with E-state index in [4.69, 9.17) is 9.47 Å². The third-order valence-corrected chi connectivity index (χ3v) is 5.15. The molecule has 30 heavy (non-hydrogen) atoms. The van der Waals surface area contributed by atoms with Crippen molar-refractivity contribution in [2.75, 3.05) is 38.3 Å². The zero-order valence-electron chi connectivity index (χ0n) is 19.2. The van der Waals surface area contributed by atoms with E-state index in [0.29, 0.717) is 6.61 Å². The minimum absolute atomic E-state index is 0.635. The van der Waals surface area contributed by atoms with Crippen LogP contribution < -0.4 is 19.7 Å². The van der Waals surface area contributed by atoms with Gasteiger partial charge in [-0.2, -0.15) is 0 Å². The van der Waals surface area contributed by atoms with Gasteiger partial charge in [0.25, 0.3) is 0 Å². The van der Waals surface area contributed by atoms with Crippen LogP contribution in [0.3, 0.4) is 0 Å². The first-order valence-corrected chi connectivity index (χ1v) is 11.0. The highest BCUT2D eigenvalue weighted by Crippen LogP contribution is 2.40. The lowest BCUT2D eigenvalue weighted by Gasteiger charge is -2.29. The normalized spacial score (nSPS) is 11.4. The van der Waals surface area contributed by atoms with Crippen LogP contribution in [-0.4, -0.2) is 38.5 Å². The van der Waals surface area contributed by atoms with Crippen LogP contribution in [0.1, 0.15) is 51.7 Å². The van der Waals surface area contributed by atoms with Gasteiger partial charge in [-0.3, -0.25) is 0 Å². The Morgan fingerprint density at radius 2 is 1.80 bits per heavy atom. The van der Waals surface area contributed by atoms with Crippen molar-refractivity contribution in [2.45, 2.75) is 52.7 Å². The van der Waals surface area contributed by atoms with Gasteiger partial charge >= 0.3 is 0 Å². The quantitative estimate of drug-likeness (QED) is 0.465. The van der Waals surface area contributed by atoms with Crippen molar-refractivity contribution in [2.24, 2.45) is 0 Å². The Labute approximate surface area is 182 Å². The van der Waals surface area contributed by atoms with E-state index in [9.17, 15) is 5.11 Å². The molecule has 0 aliphatic carbocycles. The van der Waals surface area contributed by atoms with Gasteiger partial charge in [-0.25, -0.2) is 0 Å². The van der Waals surface area contributed by atoms with E-state index in [-0.39, 0.29) is 0 Å². The Kier molecular flexibility index (Phi) is 9.47. The standard InChI is InChI=1S/C25H38N2O3/c1-6-8-16-30-23-18-22(24(29-5)17-21(23)25(3,4)28)27(7-2)15-14-26-19-20-12-10-9-11-13-20/h9-13,17-18,26,28H,6-8,14-16,19H2,1-5H3. The molecule has 5 nitrogen and oxygen atoms in total. The Balaban J connectivity index is 2.17. The maximum Gasteiger partial charge on any atom is 0.142 e. The van der Waals surface area contributed by atoms with Crippen LogP contribution in [0.15, 0.2) is 42.5 Å². The molecule has 0 amide bonds. The average molecular weight is 415 g/mol. The van der Waals surface area contributed by atoms with Crippen LogP contribution in [0.25, 0.3) is 0 Å². The molecule has 2 N–H and O–H groups in total. The lowest BCUT2D eigenvalue weighted by atomic mass is 9.96. The maximum absolute atomic E-state index is 10.7. The Morgan fingerprint density at radius 1 is 1.07 bits per heavy atom. The molecule has 2 rings (SSSR count). The van der Waals surface area contributed by atoms with E-state index < -0.39 is 5.60 Å². The lowest BCUT2D eigenvalue weighted by Crippen LogP contribution is -2.32. The molecule has 0 atom stereocenters.